The van der Waals surface area contributed by atoms with Crippen molar-refractivity contribution in [1.82, 2.24) is 9.80 Å². The second-order valence-corrected chi connectivity index (χ2v) is 6.36. The molecule has 0 bridgehead atoms. The largest absolute Gasteiger partial charge is 0.466 e. The molecule has 1 rings (SSSR count). The van der Waals surface area contributed by atoms with Crippen LogP contribution in [0.15, 0.2) is 0 Å². The molecule has 0 N–H and O–H groups in total. The fourth-order valence-electron chi connectivity index (χ4n) is 2.26. The first kappa shape index (κ1) is 17.8. The highest BCUT2D eigenvalue weighted by atomic mass is 16.6. The second kappa shape index (κ2) is 7.64. The molecule has 1 aliphatic rings. The summed E-state index contributed by atoms with van der Waals surface area (Å²) in [5.41, 5.74) is -0.467. The van der Waals surface area contributed by atoms with E-state index >= 15 is 0 Å². The second-order valence-electron chi connectivity index (χ2n) is 6.36. The molecule has 1 atom stereocenters. The van der Waals surface area contributed by atoms with Crippen molar-refractivity contribution in [1.29, 1.82) is 0 Å². The minimum atomic E-state index is -0.467. The van der Waals surface area contributed by atoms with Gasteiger partial charge in [-0.05, 0) is 34.6 Å². The molecule has 0 aliphatic carbocycles. The maximum absolute atomic E-state index is 12.0. The zero-order valence-electron chi connectivity index (χ0n) is 13.8. The SMILES string of the molecule is CCOC(=O)CC(C)N1CCN(C(=O)OC(C)(C)C)CC1. The third-order valence-electron chi connectivity index (χ3n) is 3.36. The van der Waals surface area contributed by atoms with Crippen LogP contribution in [0.1, 0.15) is 41.0 Å². The number of ether oxygens (including phenoxy) is 2. The molecule has 0 spiro atoms. The predicted molar refractivity (Wildman–Crippen MR) is 80.1 cm³/mol. The van der Waals surface area contributed by atoms with E-state index in [1.54, 1.807) is 4.90 Å². The minimum absolute atomic E-state index is 0.129. The van der Waals surface area contributed by atoms with Crippen molar-refractivity contribution in [2.24, 2.45) is 0 Å². The van der Waals surface area contributed by atoms with Crippen LogP contribution in [0, 0.1) is 0 Å². The van der Waals surface area contributed by atoms with Crippen LogP contribution in [0.2, 0.25) is 0 Å². The van der Waals surface area contributed by atoms with Crippen LogP contribution in [-0.2, 0) is 14.3 Å². The molecule has 122 valence electrons. The molecular weight excluding hydrogens is 272 g/mol. The van der Waals surface area contributed by atoms with Crippen molar-refractivity contribution < 1.29 is 19.1 Å². The average Bonchev–Trinajstić information content (AvgIpc) is 2.37. The number of rotatable bonds is 4. The van der Waals surface area contributed by atoms with Gasteiger partial charge in [0.05, 0.1) is 13.0 Å². The Kier molecular flexibility index (Phi) is 6.45. The summed E-state index contributed by atoms with van der Waals surface area (Å²) in [5.74, 6) is -0.167. The Labute approximate surface area is 127 Å². The lowest BCUT2D eigenvalue weighted by Gasteiger charge is -2.38. The summed E-state index contributed by atoms with van der Waals surface area (Å²) in [6, 6.07) is 0.129. The quantitative estimate of drug-likeness (QED) is 0.742. The van der Waals surface area contributed by atoms with Crippen LogP contribution < -0.4 is 0 Å². The molecule has 1 saturated heterocycles. The Balaban J connectivity index is 2.38. The van der Waals surface area contributed by atoms with Gasteiger partial charge in [0.2, 0.25) is 0 Å². The number of hydrogen-bond donors (Lipinski definition) is 0. The van der Waals surface area contributed by atoms with Gasteiger partial charge >= 0.3 is 12.1 Å². The number of hydrogen-bond acceptors (Lipinski definition) is 5. The number of carbonyl (C=O) groups is 2. The fourth-order valence-corrected chi connectivity index (χ4v) is 2.26. The number of amides is 1. The molecule has 1 fully saturated rings. The number of nitrogens with zero attached hydrogens (tertiary/aromatic N) is 2. The number of esters is 1. The summed E-state index contributed by atoms with van der Waals surface area (Å²) in [5, 5.41) is 0. The van der Waals surface area contributed by atoms with Crippen molar-refractivity contribution >= 4 is 12.1 Å². The third kappa shape index (κ3) is 6.33. The molecule has 1 aliphatic heterocycles. The van der Waals surface area contributed by atoms with E-state index in [1.807, 2.05) is 34.6 Å². The van der Waals surface area contributed by atoms with Crippen LogP contribution in [0.3, 0.4) is 0 Å². The lowest BCUT2D eigenvalue weighted by molar-refractivity contribution is -0.144. The maximum atomic E-state index is 12.0. The monoisotopic (exact) mass is 300 g/mol. The van der Waals surface area contributed by atoms with E-state index in [2.05, 4.69) is 4.90 Å². The predicted octanol–water partition coefficient (Wildman–Crippen LogP) is 1.88. The van der Waals surface area contributed by atoms with Crippen LogP contribution in [-0.4, -0.2) is 66.3 Å². The van der Waals surface area contributed by atoms with Crippen LogP contribution in [0.5, 0.6) is 0 Å². The van der Waals surface area contributed by atoms with Crippen molar-refractivity contribution in [3.63, 3.8) is 0 Å². The highest BCUT2D eigenvalue weighted by Crippen LogP contribution is 2.14. The number of piperazine rings is 1. The third-order valence-corrected chi connectivity index (χ3v) is 3.36. The van der Waals surface area contributed by atoms with E-state index in [1.165, 1.54) is 0 Å². The van der Waals surface area contributed by atoms with Gasteiger partial charge in [-0.2, -0.15) is 0 Å². The van der Waals surface area contributed by atoms with Crippen LogP contribution >= 0.6 is 0 Å². The normalized spacial score (nSPS) is 18.2. The van der Waals surface area contributed by atoms with Gasteiger partial charge in [0.15, 0.2) is 0 Å². The minimum Gasteiger partial charge on any atom is -0.466 e. The van der Waals surface area contributed by atoms with E-state index in [-0.39, 0.29) is 18.1 Å². The van der Waals surface area contributed by atoms with Crippen LogP contribution in [0.4, 0.5) is 4.79 Å². The molecule has 0 saturated carbocycles. The highest BCUT2D eigenvalue weighted by molar-refractivity contribution is 5.70. The van der Waals surface area contributed by atoms with E-state index in [9.17, 15) is 9.59 Å². The Morgan fingerprint density at radius 2 is 1.71 bits per heavy atom. The van der Waals surface area contributed by atoms with E-state index in [0.29, 0.717) is 26.1 Å². The van der Waals surface area contributed by atoms with E-state index in [0.717, 1.165) is 13.1 Å². The standard InChI is InChI=1S/C15H28N2O4/c1-6-20-13(18)11-12(2)16-7-9-17(10-8-16)14(19)21-15(3,4)5/h12H,6-11H2,1-5H3. The molecule has 6 heteroatoms. The summed E-state index contributed by atoms with van der Waals surface area (Å²) in [6.45, 7) is 12.6. The lowest BCUT2D eigenvalue weighted by Crippen LogP contribution is -2.52. The summed E-state index contributed by atoms with van der Waals surface area (Å²) in [7, 11) is 0. The lowest BCUT2D eigenvalue weighted by atomic mass is 10.1. The van der Waals surface area contributed by atoms with E-state index in [4.69, 9.17) is 9.47 Å². The Bertz CT molecular complexity index is 357. The van der Waals surface area contributed by atoms with Gasteiger partial charge in [-0.1, -0.05) is 0 Å². The molecule has 0 aromatic rings. The molecular formula is C15H28N2O4. The van der Waals surface area contributed by atoms with Gasteiger partial charge < -0.3 is 14.4 Å². The molecule has 0 aromatic heterocycles. The van der Waals surface area contributed by atoms with Crippen molar-refractivity contribution in [2.75, 3.05) is 32.8 Å². The topological polar surface area (TPSA) is 59.1 Å². The Morgan fingerprint density at radius 1 is 1.14 bits per heavy atom. The highest BCUT2D eigenvalue weighted by Gasteiger charge is 2.28. The van der Waals surface area contributed by atoms with Gasteiger partial charge in [-0.25, -0.2) is 4.79 Å². The average molecular weight is 300 g/mol. The van der Waals surface area contributed by atoms with Gasteiger partial charge in [0, 0.05) is 32.2 Å². The molecule has 21 heavy (non-hydrogen) atoms. The summed E-state index contributed by atoms with van der Waals surface area (Å²) >= 11 is 0. The summed E-state index contributed by atoms with van der Waals surface area (Å²) in [4.78, 5) is 27.4. The Hall–Kier alpha value is -1.30. The van der Waals surface area contributed by atoms with Crippen molar-refractivity contribution in [3.05, 3.63) is 0 Å². The smallest absolute Gasteiger partial charge is 0.410 e. The van der Waals surface area contributed by atoms with Gasteiger partial charge in [-0.15, -0.1) is 0 Å². The fraction of sp³-hybridized carbons (Fsp3) is 0.867. The van der Waals surface area contributed by atoms with E-state index < -0.39 is 5.60 Å². The molecule has 1 unspecified atom stereocenters. The summed E-state index contributed by atoms with van der Waals surface area (Å²) in [6.07, 6.45) is 0.125. The molecule has 6 nitrogen and oxygen atoms in total. The Morgan fingerprint density at radius 3 is 2.19 bits per heavy atom. The zero-order chi connectivity index (χ0) is 16.0. The molecule has 0 radical (unpaired) electrons. The van der Waals surface area contributed by atoms with Gasteiger partial charge in [0.25, 0.3) is 0 Å². The van der Waals surface area contributed by atoms with Gasteiger partial charge in [0.1, 0.15) is 5.60 Å². The molecule has 0 aromatic carbocycles. The first-order valence-corrected chi connectivity index (χ1v) is 7.60. The number of carbonyl (C=O) groups excluding carboxylic acids is 2. The molecule has 1 heterocycles. The maximum Gasteiger partial charge on any atom is 0.410 e. The van der Waals surface area contributed by atoms with Crippen molar-refractivity contribution in [2.45, 2.75) is 52.7 Å². The summed E-state index contributed by atoms with van der Waals surface area (Å²) < 4.78 is 10.3. The first-order chi connectivity index (χ1) is 9.73. The first-order valence-electron chi connectivity index (χ1n) is 7.60. The van der Waals surface area contributed by atoms with Crippen molar-refractivity contribution in [3.8, 4) is 0 Å². The van der Waals surface area contributed by atoms with Gasteiger partial charge in [-0.3, -0.25) is 9.69 Å². The van der Waals surface area contributed by atoms with Crippen LogP contribution in [0.25, 0.3) is 0 Å². The zero-order valence-corrected chi connectivity index (χ0v) is 13.8. The molecule has 1 amide bonds.